The van der Waals surface area contributed by atoms with E-state index in [2.05, 4.69) is 20.4 Å². The number of carbonyl (C=O) groups is 1. The lowest BCUT2D eigenvalue weighted by molar-refractivity contribution is 0.0895. The van der Waals surface area contributed by atoms with Gasteiger partial charge in [0.25, 0.3) is 12.3 Å². The number of phenolic OH excluding ortho intramolecular Hbond substituents is 1. The molecule has 8 heteroatoms. The van der Waals surface area contributed by atoms with E-state index in [9.17, 15) is 18.7 Å². The number of aromatic nitrogens is 2. The highest BCUT2D eigenvalue weighted by atomic mass is 19.3. The number of alkyl halides is 2. The van der Waals surface area contributed by atoms with Crippen LogP contribution in [-0.2, 0) is 6.54 Å². The predicted molar refractivity (Wildman–Crippen MR) is 87.4 cm³/mol. The first-order valence-corrected chi connectivity index (χ1v) is 8.16. The molecule has 1 fully saturated rings. The van der Waals surface area contributed by atoms with Crippen molar-refractivity contribution in [2.75, 3.05) is 13.1 Å². The Kier molecular flexibility index (Phi) is 5.28. The Morgan fingerprint density at radius 3 is 3.00 bits per heavy atom. The number of aromatic amines is 1. The molecule has 0 aliphatic carbocycles. The van der Waals surface area contributed by atoms with E-state index in [0.29, 0.717) is 13.1 Å². The van der Waals surface area contributed by atoms with Crippen LogP contribution in [0.4, 0.5) is 8.78 Å². The zero-order chi connectivity index (χ0) is 17.8. The molecule has 0 bridgehead atoms. The fourth-order valence-electron chi connectivity index (χ4n) is 3.05. The third-order valence-electron chi connectivity index (χ3n) is 4.22. The van der Waals surface area contributed by atoms with Crippen LogP contribution in [0.2, 0.25) is 0 Å². The predicted octanol–water partition coefficient (Wildman–Crippen LogP) is 2.45. The topological polar surface area (TPSA) is 81.3 Å². The number of nitrogens with one attached hydrogen (secondary N) is 2. The lowest BCUT2D eigenvalue weighted by Crippen LogP contribution is -2.47. The van der Waals surface area contributed by atoms with Crippen molar-refractivity contribution in [3.8, 4) is 5.75 Å². The maximum Gasteiger partial charge on any atom is 0.279 e. The van der Waals surface area contributed by atoms with Gasteiger partial charge in [-0.3, -0.25) is 14.8 Å². The second-order valence-electron chi connectivity index (χ2n) is 6.23. The largest absolute Gasteiger partial charge is 0.508 e. The van der Waals surface area contributed by atoms with Crippen molar-refractivity contribution >= 4 is 5.91 Å². The molecule has 2 aromatic rings. The van der Waals surface area contributed by atoms with Gasteiger partial charge in [0.1, 0.15) is 17.1 Å². The van der Waals surface area contributed by atoms with Gasteiger partial charge in [-0.05, 0) is 43.1 Å². The molecule has 1 amide bonds. The Morgan fingerprint density at radius 1 is 1.44 bits per heavy atom. The molecule has 0 saturated carbocycles. The average Bonchev–Trinajstić information content (AvgIpc) is 3.05. The quantitative estimate of drug-likeness (QED) is 0.774. The summed E-state index contributed by atoms with van der Waals surface area (Å²) in [5.41, 5.74) is 0.612. The molecule has 25 heavy (non-hydrogen) atoms. The normalized spacial score (nSPS) is 18.4. The molecule has 1 aliphatic heterocycles. The lowest BCUT2D eigenvalue weighted by atomic mass is 10.0. The van der Waals surface area contributed by atoms with Gasteiger partial charge in [-0.2, -0.15) is 5.10 Å². The molecule has 1 atom stereocenters. The molecule has 1 saturated heterocycles. The third-order valence-corrected chi connectivity index (χ3v) is 4.22. The molecule has 3 N–H and O–H groups in total. The third kappa shape index (κ3) is 4.54. The molecule has 2 heterocycles. The summed E-state index contributed by atoms with van der Waals surface area (Å²) < 4.78 is 25.1. The van der Waals surface area contributed by atoms with Crippen LogP contribution in [0.25, 0.3) is 0 Å². The maximum absolute atomic E-state index is 12.6. The van der Waals surface area contributed by atoms with Crippen LogP contribution in [0.5, 0.6) is 5.75 Å². The van der Waals surface area contributed by atoms with Gasteiger partial charge in [-0.1, -0.05) is 12.1 Å². The van der Waals surface area contributed by atoms with Crippen molar-refractivity contribution in [3.05, 3.63) is 47.3 Å². The van der Waals surface area contributed by atoms with Crippen molar-refractivity contribution in [3.63, 3.8) is 0 Å². The van der Waals surface area contributed by atoms with Gasteiger partial charge in [0.05, 0.1) is 0 Å². The number of halogens is 2. The highest BCUT2D eigenvalue weighted by molar-refractivity contribution is 5.92. The smallest absolute Gasteiger partial charge is 0.279 e. The van der Waals surface area contributed by atoms with Crippen molar-refractivity contribution in [2.24, 2.45) is 0 Å². The van der Waals surface area contributed by atoms with Crippen LogP contribution in [0.1, 0.15) is 41.0 Å². The molecule has 134 valence electrons. The van der Waals surface area contributed by atoms with E-state index in [1.165, 1.54) is 0 Å². The number of phenols is 1. The van der Waals surface area contributed by atoms with Crippen LogP contribution in [0.15, 0.2) is 30.3 Å². The SMILES string of the molecule is O=C(N[C@H]1CCCN(Cc2cccc(O)c2)C1)c1cc(C(F)F)[nH]n1. The minimum absolute atomic E-state index is 0.0274. The van der Waals surface area contributed by atoms with Crippen molar-refractivity contribution < 1.29 is 18.7 Å². The second-order valence-corrected chi connectivity index (χ2v) is 6.23. The van der Waals surface area contributed by atoms with E-state index >= 15 is 0 Å². The minimum Gasteiger partial charge on any atom is -0.508 e. The van der Waals surface area contributed by atoms with Crippen LogP contribution in [0, 0.1) is 0 Å². The van der Waals surface area contributed by atoms with Crippen LogP contribution in [-0.4, -0.2) is 45.2 Å². The second kappa shape index (κ2) is 7.60. The summed E-state index contributed by atoms with van der Waals surface area (Å²) in [6, 6.07) is 8.10. The minimum atomic E-state index is -2.68. The van der Waals surface area contributed by atoms with E-state index in [1.54, 1.807) is 18.2 Å². The summed E-state index contributed by atoms with van der Waals surface area (Å²) >= 11 is 0. The zero-order valence-electron chi connectivity index (χ0n) is 13.6. The zero-order valence-corrected chi connectivity index (χ0v) is 13.6. The Bertz CT molecular complexity index is 735. The van der Waals surface area contributed by atoms with Gasteiger partial charge in [-0.25, -0.2) is 8.78 Å². The summed E-state index contributed by atoms with van der Waals surface area (Å²) in [6.07, 6.45) is -0.928. The Hall–Kier alpha value is -2.48. The summed E-state index contributed by atoms with van der Waals surface area (Å²) in [5.74, 6) is -0.222. The van der Waals surface area contributed by atoms with E-state index in [1.807, 2.05) is 6.07 Å². The van der Waals surface area contributed by atoms with E-state index in [4.69, 9.17) is 0 Å². The summed E-state index contributed by atoms with van der Waals surface area (Å²) in [6.45, 7) is 2.24. The molecule has 3 rings (SSSR count). The molecular weight excluding hydrogens is 330 g/mol. The van der Waals surface area contributed by atoms with Gasteiger partial charge in [-0.15, -0.1) is 0 Å². The van der Waals surface area contributed by atoms with Crippen LogP contribution < -0.4 is 5.32 Å². The fourth-order valence-corrected chi connectivity index (χ4v) is 3.05. The molecule has 1 aromatic carbocycles. The number of amides is 1. The Morgan fingerprint density at radius 2 is 2.28 bits per heavy atom. The highest BCUT2D eigenvalue weighted by Gasteiger charge is 2.23. The highest BCUT2D eigenvalue weighted by Crippen LogP contribution is 2.18. The number of rotatable bonds is 5. The van der Waals surface area contributed by atoms with Gasteiger partial charge in [0, 0.05) is 19.1 Å². The van der Waals surface area contributed by atoms with Crippen LogP contribution >= 0.6 is 0 Å². The molecule has 0 spiro atoms. The Balaban J connectivity index is 1.56. The number of hydrogen-bond acceptors (Lipinski definition) is 4. The monoisotopic (exact) mass is 350 g/mol. The standard InChI is InChI=1S/C17H20F2N4O2/c18-16(19)14-8-15(22-21-14)17(25)20-12-4-2-6-23(10-12)9-11-3-1-5-13(24)7-11/h1,3,5,7-8,12,16,24H,2,4,6,9-10H2,(H,20,25)(H,21,22)/t12-/m0/s1. The van der Waals surface area contributed by atoms with Crippen molar-refractivity contribution in [2.45, 2.75) is 31.9 Å². The molecule has 1 aromatic heterocycles. The number of hydrogen-bond donors (Lipinski definition) is 3. The van der Waals surface area contributed by atoms with Gasteiger partial charge >= 0.3 is 0 Å². The van der Waals surface area contributed by atoms with Crippen molar-refractivity contribution in [1.29, 1.82) is 0 Å². The number of nitrogens with zero attached hydrogens (tertiary/aromatic N) is 2. The first-order chi connectivity index (χ1) is 12.0. The fraction of sp³-hybridized carbons (Fsp3) is 0.412. The molecule has 0 radical (unpaired) electrons. The summed E-state index contributed by atoms with van der Waals surface area (Å²) in [4.78, 5) is 14.4. The molecule has 1 aliphatic rings. The van der Waals surface area contributed by atoms with E-state index in [-0.39, 0.29) is 23.2 Å². The number of piperidine rings is 1. The first-order valence-electron chi connectivity index (χ1n) is 8.16. The van der Waals surface area contributed by atoms with Gasteiger partial charge < -0.3 is 10.4 Å². The lowest BCUT2D eigenvalue weighted by Gasteiger charge is -2.33. The van der Waals surface area contributed by atoms with E-state index < -0.39 is 12.3 Å². The van der Waals surface area contributed by atoms with Gasteiger partial charge in [0.15, 0.2) is 0 Å². The van der Waals surface area contributed by atoms with Gasteiger partial charge in [0.2, 0.25) is 0 Å². The van der Waals surface area contributed by atoms with E-state index in [0.717, 1.165) is 31.0 Å². The summed E-state index contributed by atoms with van der Waals surface area (Å²) in [7, 11) is 0. The number of H-pyrrole nitrogens is 1. The van der Waals surface area contributed by atoms with Crippen molar-refractivity contribution in [1.82, 2.24) is 20.4 Å². The maximum atomic E-state index is 12.6. The molecule has 6 nitrogen and oxygen atoms in total. The number of carbonyl (C=O) groups excluding carboxylic acids is 1. The molecular formula is C17H20F2N4O2. The molecule has 0 unspecified atom stereocenters. The Labute approximate surface area is 143 Å². The number of benzene rings is 1. The number of likely N-dealkylation sites (tertiary alicyclic amines) is 1. The first kappa shape index (κ1) is 17.3. The van der Waals surface area contributed by atoms with Crippen LogP contribution in [0.3, 0.4) is 0 Å². The average molecular weight is 350 g/mol. The number of aromatic hydroxyl groups is 1. The summed E-state index contributed by atoms with van der Waals surface area (Å²) in [5, 5.41) is 18.2.